The number of fused-ring (bicyclic) bond motifs is 1. The predicted molar refractivity (Wildman–Crippen MR) is 87.9 cm³/mol. The van der Waals surface area contributed by atoms with E-state index in [4.69, 9.17) is 0 Å². The number of anilines is 1. The Balaban J connectivity index is 1.89. The number of pyridine rings is 1. The lowest BCUT2D eigenvalue weighted by molar-refractivity contribution is -0.116. The number of amides is 1. The number of rotatable bonds is 3. The van der Waals surface area contributed by atoms with E-state index in [1.807, 2.05) is 18.2 Å². The topological polar surface area (TPSA) is 51.1 Å². The van der Waals surface area contributed by atoms with Gasteiger partial charge >= 0.3 is 0 Å². The zero-order valence-electron chi connectivity index (χ0n) is 12.8. The van der Waals surface area contributed by atoms with E-state index >= 15 is 0 Å². The molecule has 0 aliphatic heterocycles. The summed E-state index contributed by atoms with van der Waals surface area (Å²) in [6, 6.07) is 11.8. The van der Waals surface area contributed by atoms with Gasteiger partial charge in [0, 0.05) is 17.1 Å². The first kappa shape index (κ1) is 15.9. The predicted octanol–water partition coefficient (Wildman–Crippen LogP) is 3.23. The van der Waals surface area contributed by atoms with Gasteiger partial charge in [-0.15, -0.1) is 0 Å². The lowest BCUT2D eigenvalue weighted by Gasteiger charge is -2.12. The number of benzene rings is 2. The molecule has 0 saturated heterocycles. The minimum Gasteiger partial charge on any atom is -0.322 e. The summed E-state index contributed by atoms with van der Waals surface area (Å²) in [5, 5.41) is 3.64. The second-order valence-electron chi connectivity index (χ2n) is 5.44. The molecule has 0 radical (unpaired) electrons. The summed E-state index contributed by atoms with van der Waals surface area (Å²) < 4.78 is 27.8. The van der Waals surface area contributed by atoms with Gasteiger partial charge in [0.2, 0.25) is 5.91 Å². The van der Waals surface area contributed by atoms with Crippen LogP contribution in [-0.4, -0.2) is 10.5 Å². The number of hydrogen-bond acceptors (Lipinski definition) is 2. The first-order valence-electron chi connectivity index (χ1n) is 7.30. The van der Waals surface area contributed by atoms with E-state index in [9.17, 15) is 18.4 Å². The van der Waals surface area contributed by atoms with Crippen molar-refractivity contribution < 1.29 is 13.6 Å². The molecule has 24 heavy (non-hydrogen) atoms. The van der Waals surface area contributed by atoms with E-state index < -0.39 is 17.5 Å². The molecule has 4 nitrogen and oxygen atoms in total. The molecule has 1 aromatic heterocycles. The molecule has 3 aromatic rings. The van der Waals surface area contributed by atoms with Gasteiger partial charge in [-0.3, -0.25) is 9.59 Å². The van der Waals surface area contributed by atoms with Gasteiger partial charge in [0.05, 0.1) is 5.69 Å². The molecular weight excluding hydrogens is 314 g/mol. The molecule has 1 N–H and O–H groups in total. The van der Waals surface area contributed by atoms with Gasteiger partial charge in [-0.25, -0.2) is 8.78 Å². The van der Waals surface area contributed by atoms with Crippen LogP contribution in [0.15, 0.2) is 53.3 Å². The van der Waals surface area contributed by atoms with Crippen molar-refractivity contribution in [2.45, 2.75) is 13.5 Å². The number of aryl methyl sites for hydroxylation is 1. The average molecular weight is 328 g/mol. The minimum absolute atomic E-state index is 0.132. The van der Waals surface area contributed by atoms with Crippen LogP contribution in [0.3, 0.4) is 0 Å². The molecule has 0 spiro atoms. The SMILES string of the molecule is Cc1cc2ccccc2c(=O)n1CC(=O)Nc1ccc(F)cc1F. The fourth-order valence-electron chi connectivity index (χ4n) is 2.55. The van der Waals surface area contributed by atoms with E-state index in [1.54, 1.807) is 19.1 Å². The Kier molecular flexibility index (Phi) is 4.12. The molecule has 1 heterocycles. The number of halogens is 2. The minimum atomic E-state index is -0.870. The number of aromatic nitrogens is 1. The molecule has 0 atom stereocenters. The van der Waals surface area contributed by atoms with Gasteiger partial charge in [0.25, 0.3) is 5.56 Å². The maximum Gasteiger partial charge on any atom is 0.259 e. The van der Waals surface area contributed by atoms with Crippen LogP contribution in [0.5, 0.6) is 0 Å². The Bertz CT molecular complexity index is 996. The first-order valence-corrected chi connectivity index (χ1v) is 7.30. The molecule has 0 unspecified atom stereocenters. The van der Waals surface area contributed by atoms with Crippen LogP contribution in [0.2, 0.25) is 0 Å². The van der Waals surface area contributed by atoms with Crippen molar-refractivity contribution in [1.82, 2.24) is 4.57 Å². The Hall–Kier alpha value is -3.02. The fraction of sp³-hybridized carbons (Fsp3) is 0.111. The van der Waals surface area contributed by atoms with Crippen molar-refractivity contribution in [3.05, 3.63) is 76.2 Å². The summed E-state index contributed by atoms with van der Waals surface area (Å²) in [7, 11) is 0. The maximum atomic E-state index is 13.6. The number of carbonyl (C=O) groups excluding carboxylic acids is 1. The van der Waals surface area contributed by atoms with E-state index in [0.29, 0.717) is 17.1 Å². The van der Waals surface area contributed by atoms with Gasteiger partial charge in [-0.2, -0.15) is 0 Å². The Morgan fingerprint density at radius 1 is 1.12 bits per heavy atom. The quantitative estimate of drug-likeness (QED) is 0.802. The van der Waals surface area contributed by atoms with Crippen LogP contribution < -0.4 is 10.9 Å². The molecule has 2 aromatic carbocycles. The molecule has 0 aliphatic rings. The summed E-state index contributed by atoms with van der Waals surface area (Å²) in [6.45, 7) is 1.46. The van der Waals surface area contributed by atoms with Crippen molar-refractivity contribution in [2.24, 2.45) is 0 Å². The van der Waals surface area contributed by atoms with Gasteiger partial charge in [-0.1, -0.05) is 18.2 Å². The van der Waals surface area contributed by atoms with E-state index in [1.165, 1.54) is 4.57 Å². The summed E-state index contributed by atoms with van der Waals surface area (Å²) in [4.78, 5) is 24.6. The summed E-state index contributed by atoms with van der Waals surface area (Å²) >= 11 is 0. The summed E-state index contributed by atoms with van der Waals surface area (Å²) in [5.41, 5.74) is 0.196. The normalized spacial score (nSPS) is 10.8. The van der Waals surface area contributed by atoms with E-state index in [0.717, 1.165) is 17.5 Å². The van der Waals surface area contributed by atoms with Gasteiger partial charge in [-0.05, 0) is 36.6 Å². The zero-order valence-corrected chi connectivity index (χ0v) is 12.8. The number of nitrogens with zero attached hydrogens (tertiary/aromatic N) is 1. The van der Waals surface area contributed by atoms with Crippen molar-refractivity contribution in [3.63, 3.8) is 0 Å². The highest BCUT2D eigenvalue weighted by Gasteiger charge is 2.12. The smallest absolute Gasteiger partial charge is 0.259 e. The number of carbonyl (C=O) groups is 1. The lowest BCUT2D eigenvalue weighted by Crippen LogP contribution is -2.29. The van der Waals surface area contributed by atoms with Crippen molar-refractivity contribution in [1.29, 1.82) is 0 Å². The van der Waals surface area contributed by atoms with Crippen molar-refractivity contribution >= 4 is 22.4 Å². The second-order valence-corrected chi connectivity index (χ2v) is 5.44. The third-order valence-electron chi connectivity index (χ3n) is 3.73. The zero-order chi connectivity index (χ0) is 17.3. The van der Waals surface area contributed by atoms with Crippen molar-refractivity contribution in [2.75, 3.05) is 5.32 Å². The highest BCUT2D eigenvalue weighted by Crippen LogP contribution is 2.15. The third kappa shape index (κ3) is 3.03. The molecule has 6 heteroatoms. The highest BCUT2D eigenvalue weighted by atomic mass is 19.1. The number of nitrogens with one attached hydrogen (secondary N) is 1. The van der Waals surface area contributed by atoms with Crippen LogP contribution in [0.4, 0.5) is 14.5 Å². The van der Waals surface area contributed by atoms with Gasteiger partial charge < -0.3 is 9.88 Å². The van der Waals surface area contributed by atoms with Crippen molar-refractivity contribution in [3.8, 4) is 0 Å². The first-order chi connectivity index (χ1) is 11.5. The molecule has 0 fully saturated rings. The summed E-state index contributed by atoms with van der Waals surface area (Å²) in [5.74, 6) is -2.17. The van der Waals surface area contributed by atoms with Gasteiger partial charge in [0.15, 0.2) is 0 Å². The molecule has 1 amide bonds. The van der Waals surface area contributed by atoms with E-state index in [-0.39, 0.29) is 17.8 Å². The molecule has 0 saturated carbocycles. The van der Waals surface area contributed by atoms with Crippen LogP contribution in [0.1, 0.15) is 5.69 Å². The Morgan fingerprint density at radius 3 is 2.62 bits per heavy atom. The highest BCUT2D eigenvalue weighted by molar-refractivity contribution is 5.91. The molecule has 0 aliphatic carbocycles. The Labute approximate surface area is 136 Å². The third-order valence-corrected chi connectivity index (χ3v) is 3.73. The Morgan fingerprint density at radius 2 is 1.88 bits per heavy atom. The molecular formula is C18H14F2N2O2. The van der Waals surface area contributed by atoms with Crippen LogP contribution in [0, 0.1) is 18.6 Å². The monoisotopic (exact) mass is 328 g/mol. The largest absolute Gasteiger partial charge is 0.322 e. The summed E-state index contributed by atoms with van der Waals surface area (Å²) in [6.07, 6.45) is 0. The average Bonchev–Trinajstić information content (AvgIpc) is 2.54. The fourth-order valence-corrected chi connectivity index (χ4v) is 2.55. The van der Waals surface area contributed by atoms with Crippen LogP contribution >= 0.6 is 0 Å². The second kappa shape index (κ2) is 6.23. The number of hydrogen-bond donors (Lipinski definition) is 1. The maximum absolute atomic E-state index is 13.6. The van der Waals surface area contributed by atoms with Crippen LogP contribution in [-0.2, 0) is 11.3 Å². The van der Waals surface area contributed by atoms with Gasteiger partial charge in [0.1, 0.15) is 18.2 Å². The van der Waals surface area contributed by atoms with Crippen LogP contribution in [0.25, 0.3) is 10.8 Å². The standard InChI is InChI=1S/C18H14F2N2O2/c1-11-8-12-4-2-3-5-14(12)18(24)22(11)10-17(23)21-16-7-6-13(19)9-15(16)20/h2-9H,10H2,1H3,(H,21,23). The van der Waals surface area contributed by atoms with E-state index in [2.05, 4.69) is 5.32 Å². The lowest BCUT2D eigenvalue weighted by atomic mass is 10.1. The molecule has 0 bridgehead atoms. The molecule has 3 rings (SSSR count). The molecule has 122 valence electrons.